The highest BCUT2D eigenvalue weighted by atomic mass is 16.2. The molecule has 0 spiro atoms. The van der Waals surface area contributed by atoms with Crippen molar-refractivity contribution in [3.8, 4) is 0 Å². The summed E-state index contributed by atoms with van der Waals surface area (Å²) in [4.78, 5) is 14.5. The maximum Gasteiger partial charge on any atom is 0.239 e. The van der Waals surface area contributed by atoms with Crippen molar-refractivity contribution in [2.24, 2.45) is 0 Å². The Morgan fingerprint density at radius 2 is 1.79 bits per heavy atom. The fourth-order valence-corrected chi connectivity index (χ4v) is 3.22. The van der Waals surface area contributed by atoms with Crippen LogP contribution in [0.2, 0.25) is 0 Å². The molecule has 0 radical (unpaired) electrons. The van der Waals surface area contributed by atoms with Crippen molar-refractivity contribution in [3.05, 3.63) is 35.9 Å². The molecule has 3 rings (SSSR count). The Labute approximate surface area is 115 Å². The van der Waals surface area contributed by atoms with E-state index in [9.17, 15) is 4.79 Å². The second-order valence-electron chi connectivity index (χ2n) is 5.65. The number of benzene rings is 1. The zero-order valence-electron chi connectivity index (χ0n) is 11.3. The first kappa shape index (κ1) is 12.7. The lowest BCUT2D eigenvalue weighted by atomic mass is 10.1. The lowest BCUT2D eigenvalue weighted by molar-refractivity contribution is -0.134. The van der Waals surface area contributed by atoms with E-state index in [4.69, 9.17) is 0 Å². The van der Waals surface area contributed by atoms with E-state index in [0.717, 1.165) is 25.9 Å². The SMILES string of the molecule is O=C([C@H]1CC[C@@H](c2ccccc2)N1)N1CCCCC1. The minimum atomic E-state index is 0.0308. The Morgan fingerprint density at radius 3 is 2.53 bits per heavy atom. The van der Waals surface area contributed by atoms with Crippen LogP contribution in [0.3, 0.4) is 0 Å². The van der Waals surface area contributed by atoms with Crippen molar-refractivity contribution < 1.29 is 4.79 Å². The second-order valence-corrected chi connectivity index (χ2v) is 5.65. The monoisotopic (exact) mass is 258 g/mol. The summed E-state index contributed by atoms with van der Waals surface area (Å²) in [5.74, 6) is 0.318. The third-order valence-electron chi connectivity index (χ3n) is 4.31. The molecule has 0 unspecified atom stereocenters. The highest BCUT2D eigenvalue weighted by Crippen LogP contribution is 2.27. The average Bonchev–Trinajstić information content (AvgIpc) is 2.98. The molecule has 1 aromatic carbocycles. The summed E-state index contributed by atoms with van der Waals surface area (Å²) in [5.41, 5.74) is 1.30. The largest absolute Gasteiger partial charge is 0.341 e. The molecular weight excluding hydrogens is 236 g/mol. The highest BCUT2D eigenvalue weighted by molar-refractivity contribution is 5.82. The van der Waals surface area contributed by atoms with Crippen LogP contribution in [0.15, 0.2) is 30.3 Å². The van der Waals surface area contributed by atoms with Crippen molar-refractivity contribution >= 4 is 5.91 Å². The molecule has 0 bridgehead atoms. The number of rotatable bonds is 2. The van der Waals surface area contributed by atoms with Crippen LogP contribution in [0.25, 0.3) is 0 Å². The van der Waals surface area contributed by atoms with Crippen LogP contribution in [-0.2, 0) is 4.79 Å². The van der Waals surface area contributed by atoms with Gasteiger partial charge in [-0.3, -0.25) is 10.1 Å². The van der Waals surface area contributed by atoms with Gasteiger partial charge < -0.3 is 4.90 Å². The Hall–Kier alpha value is -1.35. The maximum atomic E-state index is 12.4. The Balaban J connectivity index is 1.61. The van der Waals surface area contributed by atoms with Gasteiger partial charge in [0.2, 0.25) is 5.91 Å². The first-order valence-electron chi connectivity index (χ1n) is 7.44. The predicted octanol–water partition coefficient (Wildman–Crippen LogP) is 2.49. The lowest BCUT2D eigenvalue weighted by Gasteiger charge is -2.29. The van der Waals surface area contributed by atoms with Crippen molar-refractivity contribution in [1.29, 1.82) is 0 Å². The number of hydrogen-bond donors (Lipinski definition) is 1. The molecule has 2 saturated heterocycles. The third kappa shape index (κ3) is 2.81. The number of nitrogens with one attached hydrogen (secondary N) is 1. The smallest absolute Gasteiger partial charge is 0.239 e. The van der Waals surface area contributed by atoms with E-state index in [-0.39, 0.29) is 6.04 Å². The van der Waals surface area contributed by atoms with Gasteiger partial charge in [-0.05, 0) is 37.7 Å². The zero-order chi connectivity index (χ0) is 13.1. The number of hydrogen-bond acceptors (Lipinski definition) is 2. The van der Waals surface area contributed by atoms with E-state index in [0.29, 0.717) is 11.9 Å². The number of nitrogens with zero attached hydrogens (tertiary/aromatic N) is 1. The predicted molar refractivity (Wildman–Crippen MR) is 75.8 cm³/mol. The summed E-state index contributed by atoms with van der Waals surface area (Å²) in [6.45, 7) is 1.90. The molecule has 1 aromatic rings. The number of likely N-dealkylation sites (tertiary alicyclic amines) is 1. The molecule has 2 fully saturated rings. The molecule has 2 atom stereocenters. The van der Waals surface area contributed by atoms with Gasteiger partial charge in [-0.1, -0.05) is 30.3 Å². The van der Waals surface area contributed by atoms with Crippen LogP contribution in [0.4, 0.5) is 0 Å². The average molecular weight is 258 g/mol. The molecule has 2 aliphatic rings. The van der Waals surface area contributed by atoms with Gasteiger partial charge in [0.05, 0.1) is 6.04 Å². The normalized spacial score (nSPS) is 27.5. The first-order chi connectivity index (χ1) is 9.34. The van der Waals surface area contributed by atoms with E-state index < -0.39 is 0 Å². The van der Waals surface area contributed by atoms with E-state index in [1.165, 1.54) is 24.8 Å². The Kier molecular flexibility index (Phi) is 3.83. The van der Waals surface area contributed by atoms with Gasteiger partial charge in [0.1, 0.15) is 0 Å². The number of carbonyl (C=O) groups is 1. The van der Waals surface area contributed by atoms with Crippen LogP contribution in [0.5, 0.6) is 0 Å². The molecule has 102 valence electrons. The van der Waals surface area contributed by atoms with Crippen molar-refractivity contribution in [1.82, 2.24) is 10.2 Å². The van der Waals surface area contributed by atoms with Gasteiger partial charge in [0.15, 0.2) is 0 Å². The van der Waals surface area contributed by atoms with Crippen LogP contribution in [-0.4, -0.2) is 29.9 Å². The van der Waals surface area contributed by atoms with Crippen LogP contribution in [0.1, 0.15) is 43.7 Å². The molecule has 0 saturated carbocycles. The quantitative estimate of drug-likeness (QED) is 0.884. The number of piperidine rings is 1. The third-order valence-corrected chi connectivity index (χ3v) is 4.31. The summed E-state index contributed by atoms with van der Waals surface area (Å²) < 4.78 is 0. The summed E-state index contributed by atoms with van der Waals surface area (Å²) in [6.07, 6.45) is 5.64. The van der Waals surface area contributed by atoms with Gasteiger partial charge in [-0.15, -0.1) is 0 Å². The fraction of sp³-hybridized carbons (Fsp3) is 0.562. The molecule has 0 aliphatic carbocycles. The van der Waals surface area contributed by atoms with E-state index in [2.05, 4.69) is 34.5 Å². The lowest BCUT2D eigenvalue weighted by Crippen LogP contribution is -2.46. The van der Waals surface area contributed by atoms with Crippen LogP contribution in [0, 0.1) is 0 Å². The van der Waals surface area contributed by atoms with Gasteiger partial charge in [0, 0.05) is 19.1 Å². The van der Waals surface area contributed by atoms with Gasteiger partial charge in [-0.25, -0.2) is 0 Å². The zero-order valence-corrected chi connectivity index (χ0v) is 11.3. The molecule has 1 N–H and O–H groups in total. The van der Waals surface area contributed by atoms with Crippen molar-refractivity contribution in [2.75, 3.05) is 13.1 Å². The fourth-order valence-electron chi connectivity index (χ4n) is 3.22. The molecule has 2 heterocycles. The number of amides is 1. The maximum absolute atomic E-state index is 12.4. The molecule has 1 amide bonds. The Bertz CT molecular complexity index is 426. The summed E-state index contributed by atoms with van der Waals surface area (Å²) >= 11 is 0. The molecular formula is C16H22N2O. The molecule has 0 aromatic heterocycles. The van der Waals surface area contributed by atoms with Gasteiger partial charge in [-0.2, -0.15) is 0 Å². The molecule has 3 nitrogen and oxygen atoms in total. The summed E-state index contributed by atoms with van der Waals surface area (Å²) in [5, 5.41) is 3.51. The molecule has 3 heteroatoms. The topological polar surface area (TPSA) is 32.3 Å². The minimum absolute atomic E-state index is 0.0308. The molecule has 19 heavy (non-hydrogen) atoms. The minimum Gasteiger partial charge on any atom is -0.341 e. The first-order valence-corrected chi connectivity index (χ1v) is 7.44. The van der Waals surface area contributed by atoms with E-state index in [1.54, 1.807) is 0 Å². The summed E-state index contributed by atoms with van der Waals surface area (Å²) in [6, 6.07) is 10.8. The van der Waals surface area contributed by atoms with Gasteiger partial charge >= 0.3 is 0 Å². The van der Waals surface area contributed by atoms with E-state index in [1.807, 2.05) is 6.07 Å². The number of carbonyl (C=O) groups excluding carboxylic acids is 1. The summed E-state index contributed by atoms with van der Waals surface area (Å²) in [7, 11) is 0. The van der Waals surface area contributed by atoms with Crippen molar-refractivity contribution in [2.45, 2.75) is 44.2 Å². The Morgan fingerprint density at radius 1 is 1.05 bits per heavy atom. The van der Waals surface area contributed by atoms with Crippen LogP contribution >= 0.6 is 0 Å². The second kappa shape index (κ2) is 5.74. The standard InChI is InChI=1S/C16H22N2O/c19-16(18-11-5-2-6-12-18)15-10-9-14(17-15)13-7-3-1-4-8-13/h1,3-4,7-8,14-15,17H,2,5-6,9-12H2/t14-,15+/m0/s1. The van der Waals surface area contributed by atoms with Crippen molar-refractivity contribution in [3.63, 3.8) is 0 Å². The molecule has 2 aliphatic heterocycles. The highest BCUT2D eigenvalue weighted by Gasteiger charge is 2.32. The van der Waals surface area contributed by atoms with Crippen LogP contribution < -0.4 is 5.32 Å². The van der Waals surface area contributed by atoms with E-state index >= 15 is 0 Å². The van der Waals surface area contributed by atoms with Gasteiger partial charge in [0.25, 0.3) is 0 Å².